The summed E-state index contributed by atoms with van der Waals surface area (Å²) in [5.41, 5.74) is 5.33. The van der Waals surface area contributed by atoms with Gasteiger partial charge in [0.05, 0.1) is 20.5 Å². The topological polar surface area (TPSA) is 73.1 Å². The zero-order valence-corrected chi connectivity index (χ0v) is 15.6. The molecule has 132 valence electrons. The molecule has 0 aliphatic rings. The first-order valence-electron chi connectivity index (χ1n) is 8.15. The van der Waals surface area contributed by atoms with Crippen LogP contribution in [0.15, 0.2) is 36.4 Å². The third-order valence-electron chi connectivity index (χ3n) is 4.32. The zero-order chi connectivity index (χ0) is 18.8. The lowest BCUT2D eigenvalue weighted by Crippen LogP contribution is -1.97. The molecule has 0 unspecified atom stereocenters. The predicted octanol–water partition coefficient (Wildman–Crippen LogP) is 5.05. The Morgan fingerprint density at radius 2 is 1.81 bits per heavy atom. The molecule has 0 radical (unpaired) electrons. The number of hydrogen-bond acceptors (Lipinski definition) is 5. The minimum atomic E-state index is -0.366. The van der Waals surface area contributed by atoms with E-state index in [1.54, 1.807) is 13.0 Å². The lowest BCUT2D eigenvalue weighted by molar-refractivity contribution is -0.385. The first-order valence-corrected chi connectivity index (χ1v) is 8.97. The van der Waals surface area contributed by atoms with Gasteiger partial charge in [0.25, 0.3) is 5.69 Å². The van der Waals surface area contributed by atoms with Gasteiger partial charge in [0.15, 0.2) is 6.29 Å². The van der Waals surface area contributed by atoms with Crippen molar-refractivity contribution in [1.29, 1.82) is 0 Å². The van der Waals surface area contributed by atoms with Crippen LogP contribution in [0.3, 0.4) is 0 Å². The van der Waals surface area contributed by atoms with Gasteiger partial charge in [-0.2, -0.15) is 0 Å². The van der Waals surface area contributed by atoms with Gasteiger partial charge < -0.3 is 0 Å². The number of nitro benzene ring substituents is 1. The SMILES string of the molecule is Cc1ccc(-c2nc(Cc3cc(C)c([N+](=O)[O-])cc3C)sc2C=O)cc1. The summed E-state index contributed by atoms with van der Waals surface area (Å²) >= 11 is 1.37. The van der Waals surface area contributed by atoms with E-state index in [4.69, 9.17) is 0 Å². The Kier molecular flexibility index (Phi) is 4.95. The quantitative estimate of drug-likeness (QED) is 0.360. The first-order chi connectivity index (χ1) is 12.4. The molecule has 0 fully saturated rings. The van der Waals surface area contributed by atoms with Crippen molar-refractivity contribution in [3.05, 3.63) is 78.7 Å². The van der Waals surface area contributed by atoms with Crippen molar-refractivity contribution in [3.8, 4) is 11.3 Å². The fourth-order valence-electron chi connectivity index (χ4n) is 2.86. The van der Waals surface area contributed by atoms with Gasteiger partial charge in [0.1, 0.15) is 0 Å². The molecule has 0 amide bonds. The number of hydrogen-bond donors (Lipinski definition) is 0. The summed E-state index contributed by atoms with van der Waals surface area (Å²) < 4.78 is 0. The molecule has 0 saturated heterocycles. The highest BCUT2D eigenvalue weighted by Gasteiger charge is 2.17. The number of nitrogens with zero attached hydrogens (tertiary/aromatic N) is 2. The summed E-state index contributed by atoms with van der Waals surface area (Å²) in [7, 11) is 0. The average Bonchev–Trinajstić information content (AvgIpc) is 3.01. The monoisotopic (exact) mass is 366 g/mol. The Hall–Kier alpha value is -2.86. The Balaban J connectivity index is 1.96. The minimum Gasteiger partial charge on any atom is -0.297 e. The van der Waals surface area contributed by atoms with Gasteiger partial charge in [0.2, 0.25) is 0 Å². The third kappa shape index (κ3) is 3.55. The van der Waals surface area contributed by atoms with Crippen molar-refractivity contribution < 1.29 is 9.72 Å². The van der Waals surface area contributed by atoms with Crippen LogP contribution < -0.4 is 0 Å². The maximum absolute atomic E-state index is 11.5. The second-order valence-electron chi connectivity index (χ2n) is 6.30. The van der Waals surface area contributed by atoms with Gasteiger partial charge in [-0.1, -0.05) is 29.8 Å². The van der Waals surface area contributed by atoms with E-state index in [9.17, 15) is 14.9 Å². The van der Waals surface area contributed by atoms with Crippen molar-refractivity contribution in [1.82, 2.24) is 4.98 Å². The molecule has 3 rings (SSSR count). The van der Waals surface area contributed by atoms with Crippen LogP contribution in [0.2, 0.25) is 0 Å². The summed E-state index contributed by atoms with van der Waals surface area (Å²) in [5.74, 6) is 0. The number of thiazole rings is 1. The Bertz CT molecular complexity index is 991. The molecule has 0 aliphatic heterocycles. The number of aryl methyl sites for hydroxylation is 3. The molecule has 0 atom stereocenters. The first kappa shape index (κ1) is 17.9. The Labute approximate surface area is 155 Å². The standard InChI is InChI=1S/C20H18N2O3S/c1-12-4-6-15(7-5-12)20-18(11-23)26-19(21-20)10-16-8-14(3)17(22(24)25)9-13(16)2/h4-9,11H,10H2,1-3H3. The summed E-state index contributed by atoms with van der Waals surface area (Å²) in [6, 6.07) is 11.3. The highest BCUT2D eigenvalue weighted by molar-refractivity contribution is 7.13. The molecule has 2 aromatic carbocycles. The van der Waals surface area contributed by atoms with Crippen LogP contribution in [-0.2, 0) is 6.42 Å². The normalized spacial score (nSPS) is 10.7. The van der Waals surface area contributed by atoms with Crippen LogP contribution in [0.4, 0.5) is 5.69 Å². The summed E-state index contributed by atoms with van der Waals surface area (Å²) in [6.45, 7) is 5.60. The highest BCUT2D eigenvalue weighted by Crippen LogP contribution is 2.30. The lowest BCUT2D eigenvalue weighted by atomic mass is 10.0. The molecule has 5 nitrogen and oxygen atoms in total. The highest BCUT2D eigenvalue weighted by atomic mass is 32.1. The Morgan fingerprint density at radius 3 is 2.42 bits per heavy atom. The molecular formula is C20H18N2O3S. The number of carbonyl (C=O) groups excluding carboxylic acids is 1. The Morgan fingerprint density at radius 1 is 1.12 bits per heavy atom. The number of aldehydes is 1. The van der Waals surface area contributed by atoms with Gasteiger partial charge in [-0.25, -0.2) is 4.98 Å². The van der Waals surface area contributed by atoms with Crippen LogP contribution in [-0.4, -0.2) is 16.2 Å². The van der Waals surface area contributed by atoms with E-state index in [1.807, 2.05) is 44.2 Å². The number of rotatable bonds is 5. The van der Waals surface area contributed by atoms with E-state index in [0.717, 1.165) is 33.5 Å². The second-order valence-corrected chi connectivity index (χ2v) is 7.42. The van der Waals surface area contributed by atoms with E-state index >= 15 is 0 Å². The maximum Gasteiger partial charge on any atom is 0.272 e. The van der Waals surface area contributed by atoms with Crippen molar-refractivity contribution in [2.75, 3.05) is 0 Å². The van der Waals surface area contributed by atoms with E-state index in [-0.39, 0.29) is 10.6 Å². The van der Waals surface area contributed by atoms with Crippen LogP contribution in [0.1, 0.15) is 36.9 Å². The molecule has 0 N–H and O–H groups in total. The van der Waals surface area contributed by atoms with Gasteiger partial charge in [-0.05, 0) is 38.0 Å². The van der Waals surface area contributed by atoms with Crippen molar-refractivity contribution >= 4 is 23.3 Å². The molecule has 0 spiro atoms. The zero-order valence-electron chi connectivity index (χ0n) is 14.8. The van der Waals surface area contributed by atoms with Crippen LogP contribution in [0.5, 0.6) is 0 Å². The molecule has 1 heterocycles. The number of aromatic nitrogens is 1. The number of benzene rings is 2. The van der Waals surface area contributed by atoms with Gasteiger partial charge >= 0.3 is 0 Å². The van der Waals surface area contributed by atoms with Gasteiger partial charge in [-0.15, -0.1) is 11.3 Å². The molecule has 0 aliphatic carbocycles. The molecule has 0 saturated carbocycles. The maximum atomic E-state index is 11.5. The summed E-state index contributed by atoms with van der Waals surface area (Å²) in [4.78, 5) is 27.4. The lowest BCUT2D eigenvalue weighted by Gasteiger charge is -2.06. The van der Waals surface area contributed by atoms with Crippen LogP contribution >= 0.6 is 11.3 Å². The number of nitro groups is 1. The molecule has 6 heteroatoms. The average molecular weight is 366 g/mol. The van der Waals surface area contributed by atoms with Crippen molar-refractivity contribution in [2.45, 2.75) is 27.2 Å². The molecule has 0 bridgehead atoms. The fourth-order valence-corrected chi connectivity index (χ4v) is 3.79. The number of carbonyl (C=O) groups is 1. The third-order valence-corrected chi connectivity index (χ3v) is 5.30. The van der Waals surface area contributed by atoms with E-state index < -0.39 is 0 Å². The minimum absolute atomic E-state index is 0.124. The van der Waals surface area contributed by atoms with Crippen molar-refractivity contribution in [2.24, 2.45) is 0 Å². The van der Waals surface area contributed by atoms with Crippen LogP contribution in [0.25, 0.3) is 11.3 Å². The van der Waals surface area contributed by atoms with E-state index in [1.165, 1.54) is 11.3 Å². The molecule has 1 aromatic heterocycles. The van der Waals surface area contributed by atoms with Crippen LogP contribution in [0, 0.1) is 30.9 Å². The molecular weight excluding hydrogens is 348 g/mol. The molecule has 3 aromatic rings. The largest absolute Gasteiger partial charge is 0.297 e. The van der Waals surface area contributed by atoms with E-state index in [2.05, 4.69) is 4.98 Å². The second kappa shape index (κ2) is 7.17. The van der Waals surface area contributed by atoms with Gasteiger partial charge in [0, 0.05) is 23.6 Å². The fraction of sp³-hybridized carbons (Fsp3) is 0.200. The van der Waals surface area contributed by atoms with Crippen molar-refractivity contribution in [3.63, 3.8) is 0 Å². The summed E-state index contributed by atoms with van der Waals surface area (Å²) in [5, 5.41) is 11.9. The van der Waals surface area contributed by atoms with Gasteiger partial charge in [-0.3, -0.25) is 14.9 Å². The van der Waals surface area contributed by atoms with E-state index in [0.29, 0.717) is 22.6 Å². The summed E-state index contributed by atoms with van der Waals surface area (Å²) in [6.07, 6.45) is 1.38. The predicted molar refractivity (Wildman–Crippen MR) is 103 cm³/mol. The smallest absolute Gasteiger partial charge is 0.272 e. The molecule has 26 heavy (non-hydrogen) atoms.